The zero-order valence-corrected chi connectivity index (χ0v) is 17.0. The molecule has 0 aliphatic carbocycles. The lowest BCUT2D eigenvalue weighted by Gasteiger charge is -2.16. The molecule has 0 aromatic heterocycles. The second kappa shape index (κ2) is 11.4. The van der Waals surface area contributed by atoms with Crippen molar-refractivity contribution in [1.29, 1.82) is 0 Å². The van der Waals surface area contributed by atoms with E-state index in [0.29, 0.717) is 6.42 Å². The molecule has 154 valence electrons. The van der Waals surface area contributed by atoms with Gasteiger partial charge in [0.05, 0.1) is 13.7 Å². The molecule has 1 aromatic carbocycles. The molecule has 0 aliphatic rings. The Morgan fingerprint density at radius 3 is 2.39 bits per heavy atom. The Labute approximate surface area is 166 Å². The lowest BCUT2D eigenvalue weighted by atomic mass is 9.91. The van der Waals surface area contributed by atoms with Gasteiger partial charge in [-0.1, -0.05) is 45.2 Å². The first-order chi connectivity index (χ1) is 13.2. The van der Waals surface area contributed by atoms with E-state index in [4.69, 9.17) is 9.47 Å². The summed E-state index contributed by atoms with van der Waals surface area (Å²) in [5.41, 5.74) is 0.819. The molecule has 1 rings (SSSR count). The van der Waals surface area contributed by atoms with Crippen LogP contribution in [-0.2, 0) is 4.74 Å². The van der Waals surface area contributed by atoms with Gasteiger partial charge in [-0.15, -0.1) is 0 Å². The van der Waals surface area contributed by atoms with E-state index in [0.717, 1.165) is 12.0 Å². The number of allylic oxidation sites excluding steroid dienone is 4. The molecule has 2 nitrogen and oxygen atoms in total. The van der Waals surface area contributed by atoms with E-state index >= 15 is 0 Å². The van der Waals surface area contributed by atoms with E-state index < -0.39 is 17.5 Å². The molecule has 2 unspecified atom stereocenters. The fraction of sp³-hybridized carbons (Fsp3) is 0.391. The fourth-order valence-corrected chi connectivity index (χ4v) is 2.56. The Hall–Kier alpha value is -2.43. The second-order valence-corrected chi connectivity index (χ2v) is 6.72. The minimum absolute atomic E-state index is 0.0896. The highest BCUT2D eigenvalue weighted by atomic mass is 19.2. The molecule has 2 atom stereocenters. The molecule has 0 spiro atoms. The van der Waals surface area contributed by atoms with Crippen molar-refractivity contribution in [2.45, 2.75) is 33.6 Å². The monoisotopic (exact) mass is 394 g/mol. The molecule has 5 heteroatoms. The molecule has 0 saturated heterocycles. The molecule has 0 amide bonds. The van der Waals surface area contributed by atoms with Gasteiger partial charge in [0.1, 0.15) is 0 Å². The molecule has 1 aromatic rings. The molecule has 28 heavy (non-hydrogen) atoms. The van der Waals surface area contributed by atoms with Gasteiger partial charge in [-0.3, -0.25) is 0 Å². The molecule has 0 fully saturated rings. The maximum absolute atomic E-state index is 14.2. The van der Waals surface area contributed by atoms with Crippen molar-refractivity contribution in [3.63, 3.8) is 0 Å². The number of hydrogen-bond acceptors (Lipinski definition) is 2. The van der Waals surface area contributed by atoms with E-state index in [1.165, 1.54) is 13.2 Å². The van der Waals surface area contributed by atoms with Crippen molar-refractivity contribution >= 4 is 6.08 Å². The molecule has 0 saturated carbocycles. The van der Waals surface area contributed by atoms with Gasteiger partial charge < -0.3 is 9.47 Å². The largest absolute Gasteiger partial charge is 0.494 e. The Bertz CT molecular complexity index is 750. The maximum atomic E-state index is 14.2. The summed E-state index contributed by atoms with van der Waals surface area (Å²) in [6.07, 6.45) is 5.17. The zero-order valence-electron chi connectivity index (χ0n) is 17.0. The Morgan fingerprint density at radius 1 is 1.14 bits per heavy atom. The van der Waals surface area contributed by atoms with Crippen LogP contribution >= 0.6 is 0 Å². The van der Waals surface area contributed by atoms with E-state index in [1.54, 1.807) is 26.0 Å². The summed E-state index contributed by atoms with van der Waals surface area (Å²) in [4.78, 5) is 0. The van der Waals surface area contributed by atoms with Crippen molar-refractivity contribution < 1.29 is 22.6 Å². The highest BCUT2D eigenvalue weighted by Gasteiger charge is 2.19. The third-order valence-corrected chi connectivity index (χ3v) is 4.48. The third-order valence-electron chi connectivity index (χ3n) is 4.48. The number of benzene rings is 1. The summed E-state index contributed by atoms with van der Waals surface area (Å²) in [6.45, 7) is 12.7. The van der Waals surface area contributed by atoms with Crippen LogP contribution in [0.4, 0.5) is 13.2 Å². The van der Waals surface area contributed by atoms with Crippen LogP contribution in [0, 0.1) is 17.7 Å². The van der Waals surface area contributed by atoms with Crippen LogP contribution in [0.1, 0.15) is 39.2 Å². The first-order valence-corrected chi connectivity index (χ1v) is 9.29. The van der Waals surface area contributed by atoms with Gasteiger partial charge in [0.15, 0.2) is 29.0 Å². The molecule has 0 bridgehead atoms. The minimum atomic E-state index is -1.10. The van der Waals surface area contributed by atoms with Crippen LogP contribution in [0.15, 0.2) is 60.4 Å². The summed E-state index contributed by atoms with van der Waals surface area (Å²) in [5, 5.41) is 0. The number of halogens is 3. The zero-order chi connectivity index (χ0) is 21.3. The molecular formula is C23H29F3O2. The Morgan fingerprint density at radius 2 is 1.82 bits per heavy atom. The predicted octanol–water partition coefficient (Wildman–Crippen LogP) is 7.16. The number of methoxy groups -OCH3 is 1. The summed E-state index contributed by atoms with van der Waals surface area (Å²) < 4.78 is 51.7. The quantitative estimate of drug-likeness (QED) is 0.293. The van der Waals surface area contributed by atoms with Gasteiger partial charge in [-0.05, 0) is 54.9 Å². The van der Waals surface area contributed by atoms with Crippen LogP contribution in [0.3, 0.4) is 0 Å². The average molecular weight is 394 g/mol. The summed E-state index contributed by atoms with van der Waals surface area (Å²) in [5.74, 6) is -2.72. The first kappa shape index (κ1) is 23.6. The van der Waals surface area contributed by atoms with E-state index in [2.05, 4.69) is 13.2 Å². The number of rotatable bonds is 11. The van der Waals surface area contributed by atoms with E-state index in [1.807, 2.05) is 19.1 Å². The van der Waals surface area contributed by atoms with E-state index in [-0.39, 0.29) is 35.5 Å². The van der Waals surface area contributed by atoms with E-state index in [9.17, 15) is 13.2 Å². The first-order valence-electron chi connectivity index (χ1n) is 9.29. The maximum Gasteiger partial charge on any atom is 0.200 e. The van der Waals surface area contributed by atoms with Crippen LogP contribution in [0.25, 0.3) is 6.08 Å². The van der Waals surface area contributed by atoms with Gasteiger partial charge in [0.2, 0.25) is 0 Å². The van der Waals surface area contributed by atoms with Crippen molar-refractivity contribution in [2.24, 2.45) is 11.8 Å². The van der Waals surface area contributed by atoms with Crippen molar-refractivity contribution in [1.82, 2.24) is 0 Å². The van der Waals surface area contributed by atoms with Gasteiger partial charge in [-0.25, -0.2) is 8.78 Å². The topological polar surface area (TPSA) is 18.5 Å². The highest BCUT2D eigenvalue weighted by Crippen LogP contribution is 2.30. The average Bonchev–Trinajstić information content (AvgIpc) is 2.68. The lowest BCUT2D eigenvalue weighted by molar-refractivity contribution is 0.223. The second-order valence-electron chi connectivity index (χ2n) is 6.72. The standard InChI is InChI=1S/C23H29F3O2/c1-7-28-18(5)23(26)22(25)17(4)16(3)10-8-15(2)9-11-19-12-13-21(27-6)20(24)14-19/h9,11-16H,4-5,7-8,10H2,1-3,6H3/b11-9+,23-22-. The highest BCUT2D eigenvalue weighted by molar-refractivity contribution is 5.51. The molecule has 0 radical (unpaired) electrons. The normalized spacial score (nSPS) is 14.4. The fourth-order valence-electron chi connectivity index (χ4n) is 2.56. The van der Waals surface area contributed by atoms with Crippen molar-refractivity contribution in [2.75, 3.05) is 13.7 Å². The summed E-state index contributed by atoms with van der Waals surface area (Å²) in [7, 11) is 1.42. The van der Waals surface area contributed by atoms with Crippen LogP contribution in [0.2, 0.25) is 0 Å². The molecule has 0 heterocycles. The summed E-state index contributed by atoms with van der Waals surface area (Å²) in [6, 6.07) is 4.75. The number of hydrogen-bond donors (Lipinski definition) is 0. The third kappa shape index (κ3) is 6.95. The Balaban J connectivity index is 2.62. The SMILES string of the molecule is C=C(OCC)/C(F)=C(/F)C(=C)C(C)CCC(C)/C=C/c1ccc(OC)c(F)c1. The smallest absolute Gasteiger partial charge is 0.200 e. The van der Waals surface area contributed by atoms with Crippen LogP contribution in [0.5, 0.6) is 5.75 Å². The van der Waals surface area contributed by atoms with Gasteiger partial charge in [0.25, 0.3) is 0 Å². The van der Waals surface area contributed by atoms with Gasteiger partial charge in [-0.2, -0.15) is 4.39 Å². The van der Waals surface area contributed by atoms with Gasteiger partial charge >= 0.3 is 0 Å². The molecular weight excluding hydrogens is 365 g/mol. The minimum Gasteiger partial charge on any atom is -0.494 e. The summed E-state index contributed by atoms with van der Waals surface area (Å²) >= 11 is 0. The van der Waals surface area contributed by atoms with Crippen molar-refractivity contribution in [3.05, 3.63) is 71.8 Å². The van der Waals surface area contributed by atoms with Gasteiger partial charge in [0, 0.05) is 0 Å². The number of ether oxygens (including phenoxy) is 2. The Kier molecular flexibility index (Phi) is 9.63. The molecule has 0 N–H and O–H groups in total. The van der Waals surface area contributed by atoms with Crippen LogP contribution < -0.4 is 4.74 Å². The predicted molar refractivity (Wildman–Crippen MR) is 109 cm³/mol. The van der Waals surface area contributed by atoms with Crippen molar-refractivity contribution in [3.8, 4) is 5.75 Å². The lowest BCUT2D eigenvalue weighted by Crippen LogP contribution is -2.04. The molecule has 0 aliphatic heterocycles. The van der Waals surface area contributed by atoms with Crippen LogP contribution in [-0.4, -0.2) is 13.7 Å².